The minimum atomic E-state index is 0.0733. The van der Waals surface area contributed by atoms with Crippen molar-refractivity contribution in [2.45, 2.75) is 6.92 Å². The largest absolute Gasteiger partial charge is 0.492 e. The lowest BCUT2D eigenvalue weighted by atomic mass is 10.1. The standard InChI is InChI=1S/C16H17NO2/c1-13(18)14-6-5-7-15(12-14)17-10-11-19-16-8-3-2-4-9-16/h2-9,12,17H,10-11H2,1H3. The Kier molecular flexibility index (Phi) is 4.56. The normalized spacial score (nSPS) is 9.95. The average Bonchev–Trinajstić information content (AvgIpc) is 2.45. The van der Waals surface area contributed by atoms with Gasteiger partial charge in [0.2, 0.25) is 0 Å². The lowest BCUT2D eigenvalue weighted by Gasteiger charge is -2.09. The highest BCUT2D eigenvalue weighted by Crippen LogP contribution is 2.11. The molecular weight excluding hydrogens is 238 g/mol. The summed E-state index contributed by atoms with van der Waals surface area (Å²) in [5.74, 6) is 0.936. The first-order chi connectivity index (χ1) is 9.25. The van der Waals surface area contributed by atoms with E-state index < -0.39 is 0 Å². The molecule has 3 nitrogen and oxygen atoms in total. The molecule has 0 unspecified atom stereocenters. The van der Waals surface area contributed by atoms with Crippen molar-refractivity contribution in [1.29, 1.82) is 0 Å². The molecule has 0 aliphatic heterocycles. The van der Waals surface area contributed by atoms with Gasteiger partial charge in [-0.05, 0) is 31.2 Å². The number of carbonyl (C=O) groups excluding carboxylic acids is 1. The molecule has 0 fully saturated rings. The van der Waals surface area contributed by atoms with Gasteiger partial charge in [0.15, 0.2) is 5.78 Å². The summed E-state index contributed by atoms with van der Waals surface area (Å²) in [4.78, 5) is 11.3. The van der Waals surface area contributed by atoms with Crippen molar-refractivity contribution in [3.05, 3.63) is 60.2 Å². The molecule has 3 heteroatoms. The van der Waals surface area contributed by atoms with E-state index in [1.165, 1.54) is 0 Å². The molecule has 2 aromatic carbocycles. The van der Waals surface area contributed by atoms with Crippen LogP contribution in [0.4, 0.5) is 5.69 Å². The molecule has 2 aromatic rings. The maximum absolute atomic E-state index is 11.3. The minimum absolute atomic E-state index is 0.0733. The number of hydrogen-bond donors (Lipinski definition) is 1. The SMILES string of the molecule is CC(=O)c1cccc(NCCOc2ccccc2)c1. The highest BCUT2D eigenvalue weighted by atomic mass is 16.5. The maximum atomic E-state index is 11.3. The predicted octanol–water partition coefficient (Wildman–Crippen LogP) is 3.38. The fourth-order valence-corrected chi connectivity index (χ4v) is 1.73. The molecule has 2 rings (SSSR count). The van der Waals surface area contributed by atoms with Crippen LogP contribution in [0.2, 0.25) is 0 Å². The molecule has 0 amide bonds. The highest BCUT2D eigenvalue weighted by Gasteiger charge is 1.99. The Hall–Kier alpha value is -2.29. The molecule has 0 saturated carbocycles. The number of rotatable bonds is 6. The summed E-state index contributed by atoms with van der Waals surface area (Å²) in [5.41, 5.74) is 1.65. The van der Waals surface area contributed by atoms with Gasteiger partial charge in [-0.15, -0.1) is 0 Å². The zero-order valence-electron chi connectivity index (χ0n) is 10.9. The first kappa shape index (κ1) is 13.1. The van der Waals surface area contributed by atoms with Crippen molar-refractivity contribution < 1.29 is 9.53 Å². The summed E-state index contributed by atoms with van der Waals surface area (Å²) in [6.45, 7) is 2.84. The monoisotopic (exact) mass is 255 g/mol. The molecule has 0 radical (unpaired) electrons. The van der Waals surface area contributed by atoms with Crippen LogP contribution in [-0.2, 0) is 0 Å². The van der Waals surface area contributed by atoms with Crippen LogP contribution in [0.25, 0.3) is 0 Å². The topological polar surface area (TPSA) is 38.3 Å². The number of para-hydroxylation sites is 1. The fourth-order valence-electron chi connectivity index (χ4n) is 1.73. The number of anilines is 1. The molecular formula is C16H17NO2. The first-order valence-electron chi connectivity index (χ1n) is 6.28. The summed E-state index contributed by atoms with van der Waals surface area (Å²) in [6, 6.07) is 17.2. The van der Waals surface area contributed by atoms with Gasteiger partial charge in [-0.2, -0.15) is 0 Å². The van der Waals surface area contributed by atoms with Crippen LogP contribution in [0.5, 0.6) is 5.75 Å². The summed E-state index contributed by atoms with van der Waals surface area (Å²) in [7, 11) is 0. The van der Waals surface area contributed by atoms with Gasteiger partial charge in [0.05, 0.1) is 0 Å². The minimum Gasteiger partial charge on any atom is -0.492 e. The maximum Gasteiger partial charge on any atom is 0.159 e. The molecule has 0 saturated heterocycles. The fraction of sp³-hybridized carbons (Fsp3) is 0.188. The quantitative estimate of drug-likeness (QED) is 0.635. The zero-order valence-corrected chi connectivity index (χ0v) is 10.9. The van der Waals surface area contributed by atoms with Crippen LogP contribution in [0.15, 0.2) is 54.6 Å². The number of carbonyl (C=O) groups is 1. The molecule has 0 heterocycles. The van der Waals surface area contributed by atoms with Gasteiger partial charge in [0.1, 0.15) is 12.4 Å². The van der Waals surface area contributed by atoms with Gasteiger partial charge < -0.3 is 10.1 Å². The van der Waals surface area contributed by atoms with Crippen LogP contribution in [-0.4, -0.2) is 18.9 Å². The Morgan fingerprint density at radius 2 is 1.89 bits per heavy atom. The van der Waals surface area contributed by atoms with Gasteiger partial charge in [0, 0.05) is 17.8 Å². The second kappa shape index (κ2) is 6.59. The van der Waals surface area contributed by atoms with Crippen LogP contribution >= 0.6 is 0 Å². The molecule has 19 heavy (non-hydrogen) atoms. The van der Waals surface area contributed by atoms with E-state index >= 15 is 0 Å². The van der Waals surface area contributed by atoms with Gasteiger partial charge in [-0.25, -0.2) is 0 Å². The van der Waals surface area contributed by atoms with E-state index in [0.717, 1.165) is 11.4 Å². The molecule has 1 N–H and O–H groups in total. The molecule has 98 valence electrons. The third kappa shape index (κ3) is 4.14. The van der Waals surface area contributed by atoms with E-state index in [4.69, 9.17) is 4.74 Å². The van der Waals surface area contributed by atoms with Gasteiger partial charge >= 0.3 is 0 Å². The molecule has 0 aromatic heterocycles. The summed E-state index contributed by atoms with van der Waals surface area (Å²) in [6.07, 6.45) is 0. The third-order valence-corrected chi connectivity index (χ3v) is 2.71. The van der Waals surface area contributed by atoms with E-state index in [0.29, 0.717) is 18.7 Å². The Labute approximate surface area is 113 Å². The van der Waals surface area contributed by atoms with E-state index in [2.05, 4.69) is 5.32 Å². The molecule has 0 bridgehead atoms. The van der Waals surface area contributed by atoms with Gasteiger partial charge in [-0.3, -0.25) is 4.79 Å². The zero-order chi connectivity index (χ0) is 13.5. The lowest BCUT2D eigenvalue weighted by molar-refractivity contribution is 0.101. The van der Waals surface area contributed by atoms with Crippen molar-refractivity contribution >= 4 is 11.5 Å². The van der Waals surface area contributed by atoms with Crippen LogP contribution < -0.4 is 10.1 Å². The van der Waals surface area contributed by atoms with Gasteiger partial charge in [0.25, 0.3) is 0 Å². The number of nitrogens with one attached hydrogen (secondary N) is 1. The number of hydrogen-bond acceptors (Lipinski definition) is 3. The lowest BCUT2D eigenvalue weighted by Crippen LogP contribution is -2.11. The van der Waals surface area contributed by atoms with E-state index in [1.54, 1.807) is 6.92 Å². The number of Topliss-reactive ketones (excluding diaryl/α,β-unsaturated/α-hetero) is 1. The second-order valence-electron chi connectivity index (χ2n) is 4.23. The van der Waals surface area contributed by atoms with Crippen LogP contribution in [0.3, 0.4) is 0 Å². The Balaban J connectivity index is 1.80. The Morgan fingerprint density at radius 3 is 2.63 bits per heavy atom. The van der Waals surface area contributed by atoms with Crippen molar-refractivity contribution in [2.24, 2.45) is 0 Å². The van der Waals surface area contributed by atoms with Crippen LogP contribution in [0, 0.1) is 0 Å². The highest BCUT2D eigenvalue weighted by molar-refractivity contribution is 5.94. The number of ketones is 1. The number of benzene rings is 2. The van der Waals surface area contributed by atoms with Crippen molar-refractivity contribution in [2.75, 3.05) is 18.5 Å². The van der Waals surface area contributed by atoms with Crippen molar-refractivity contribution in [3.63, 3.8) is 0 Å². The van der Waals surface area contributed by atoms with E-state index in [9.17, 15) is 4.79 Å². The second-order valence-corrected chi connectivity index (χ2v) is 4.23. The van der Waals surface area contributed by atoms with Gasteiger partial charge in [-0.1, -0.05) is 30.3 Å². The first-order valence-corrected chi connectivity index (χ1v) is 6.28. The Bertz CT molecular complexity index is 537. The summed E-state index contributed by atoms with van der Waals surface area (Å²) in [5, 5.41) is 3.23. The van der Waals surface area contributed by atoms with E-state index in [1.807, 2.05) is 54.6 Å². The smallest absolute Gasteiger partial charge is 0.159 e. The van der Waals surface area contributed by atoms with E-state index in [-0.39, 0.29) is 5.78 Å². The Morgan fingerprint density at radius 1 is 1.11 bits per heavy atom. The molecule has 0 aliphatic rings. The summed E-state index contributed by atoms with van der Waals surface area (Å²) < 4.78 is 5.58. The number of ether oxygens (including phenoxy) is 1. The molecule has 0 aliphatic carbocycles. The van der Waals surface area contributed by atoms with Crippen molar-refractivity contribution in [3.8, 4) is 5.75 Å². The summed E-state index contributed by atoms with van der Waals surface area (Å²) >= 11 is 0. The molecule has 0 spiro atoms. The van der Waals surface area contributed by atoms with Crippen LogP contribution in [0.1, 0.15) is 17.3 Å². The third-order valence-electron chi connectivity index (χ3n) is 2.71. The molecule has 0 atom stereocenters. The predicted molar refractivity (Wildman–Crippen MR) is 76.9 cm³/mol. The van der Waals surface area contributed by atoms with Crippen molar-refractivity contribution in [1.82, 2.24) is 0 Å². The average molecular weight is 255 g/mol.